The number of amides is 1. The summed E-state index contributed by atoms with van der Waals surface area (Å²) in [7, 11) is 0. The number of carbonyl (C=O) groups is 2. The Morgan fingerprint density at radius 3 is 2.82 bits per heavy atom. The largest absolute Gasteiger partial charge is 0.480 e. The van der Waals surface area contributed by atoms with E-state index in [1.54, 1.807) is 0 Å². The Morgan fingerprint density at radius 1 is 1.41 bits per heavy atom. The number of carboxylic acid groups (broad SMARTS) is 1. The van der Waals surface area contributed by atoms with E-state index in [0.717, 1.165) is 22.4 Å². The number of nitrogens with one attached hydrogen (secondary N) is 2. The van der Waals surface area contributed by atoms with Crippen molar-refractivity contribution in [2.75, 3.05) is 0 Å². The Kier molecular flexibility index (Phi) is 5.14. The van der Waals surface area contributed by atoms with Gasteiger partial charge >= 0.3 is 5.97 Å². The van der Waals surface area contributed by atoms with E-state index in [9.17, 15) is 9.59 Å². The standard InChI is InChI=1S/C16H21N3O3/c1-3-5-12(16(21)22)18-14(20)9-8-13-17-11-7-4-6-10(2)15(11)19-13/h4,6-7,12H,3,5,8-9H2,1-2H3,(H,17,19)(H,18,20)(H,21,22). The molecule has 1 unspecified atom stereocenters. The van der Waals surface area contributed by atoms with Crippen LogP contribution in [0.4, 0.5) is 0 Å². The van der Waals surface area contributed by atoms with E-state index in [1.165, 1.54) is 0 Å². The van der Waals surface area contributed by atoms with Gasteiger partial charge in [0.15, 0.2) is 0 Å². The molecule has 1 atom stereocenters. The maximum Gasteiger partial charge on any atom is 0.326 e. The maximum absolute atomic E-state index is 11.9. The number of hydrogen-bond donors (Lipinski definition) is 3. The molecular weight excluding hydrogens is 282 g/mol. The van der Waals surface area contributed by atoms with Crippen molar-refractivity contribution in [2.45, 2.75) is 45.6 Å². The first kappa shape index (κ1) is 16.0. The number of aryl methyl sites for hydroxylation is 2. The van der Waals surface area contributed by atoms with Crippen LogP contribution < -0.4 is 5.32 Å². The van der Waals surface area contributed by atoms with Crippen molar-refractivity contribution >= 4 is 22.9 Å². The molecule has 0 bridgehead atoms. The molecule has 1 heterocycles. The summed E-state index contributed by atoms with van der Waals surface area (Å²) in [5.41, 5.74) is 2.94. The van der Waals surface area contributed by atoms with Gasteiger partial charge in [0.25, 0.3) is 0 Å². The molecule has 22 heavy (non-hydrogen) atoms. The Balaban J connectivity index is 1.95. The van der Waals surface area contributed by atoms with Gasteiger partial charge in [-0.15, -0.1) is 0 Å². The number of carbonyl (C=O) groups excluding carboxylic acids is 1. The molecule has 1 amide bonds. The first-order valence-electron chi connectivity index (χ1n) is 7.47. The van der Waals surface area contributed by atoms with Crippen LogP contribution in [0.2, 0.25) is 0 Å². The van der Waals surface area contributed by atoms with E-state index in [0.29, 0.717) is 19.3 Å². The lowest BCUT2D eigenvalue weighted by Crippen LogP contribution is -2.40. The molecule has 1 aromatic carbocycles. The van der Waals surface area contributed by atoms with Crippen molar-refractivity contribution in [1.82, 2.24) is 15.3 Å². The molecule has 1 aromatic heterocycles. The molecule has 0 radical (unpaired) electrons. The van der Waals surface area contributed by atoms with Gasteiger partial charge in [-0.05, 0) is 25.0 Å². The van der Waals surface area contributed by atoms with E-state index in [2.05, 4.69) is 15.3 Å². The zero-order valence-corrected chi connectivity index (χ0v) is 12.8. The first-order valence-corrected chi connectivity index (χ1v) is 7.47. The van der Waals surface area contributed by atoms with Crippen LogP contribution in [0.15, 0.2) is 18.2 Å². The lowest BCUT2D eigenvalue weighted by atomic mass is 10.1. The number of hydrogen-bond acceptors (Lipinski definition) is 3. The highest BCUT2D eigenvalue weighted by Gasteiger charge is 2.18. The summed E-state index contributed by atoms with van der Waals surface area (Å²) in [4.78, 5) is 30.6. The average Bonchev–Trinajstić information content (AvgIpc) is 2.89. The lowest BCUT2D eigenvalue weighted by Gasteiger charge is -2.12. The third-order valence-electron chi connectivity index (χ3n) is 3.56. The Labute approximate surface area is 128 Å². The first-order chi connectivity index (χ1) is 10.5. The Morgan fingerprint density at radius 2 is 2.18 bits per heavy atom. The summed E-state index contributed by atoms with van der Waals surface area (Å²) < 4.78 is 0. The molecule has 6 heteroatoms. The van der Waals surface area contributed by atoms with Crippen LogP contribution in [0.1, 0.15) is 37.6 Å². The van der Waals surface area contributed by atoms with Gasteiger partial charge in [0, 0.05) is 12.8 Å². The number of aromatic nitrogens is 2. The van der Waals surface area contributed by atoms with Crippen molar-refractivity contribution in [3.05, 3.63) is 29.6 Å². The minimum absolute atomic E-state index is 0.215. The molecule has 6 nitrogen and oxygen atoms in total. The van der Waals surface area contributed by atoms with Crippen LogP contribution in [0.3, 0.4) is 0 Å². The van der Waals surface area contributed by atoms with E-state index >= 15 is 0 Å². The molecule has 0 fully saturated rings. The number of carboxylic acids is 1. The number of para-hydroxylation sites is 1. The topological polar surface area (TPSA) is 95.1 Å². The van der Waals surface area contributed by atoms with Gasteiger partial charge in [0.05, 0.1) is 11.0 Å². The van der Waals surface area contributed by atoms with Crippen LogP contribution in [0, 0.1) is 6.92 Å². The summed E-state index contributed by atoms with van der Waals surface area (Å²) in [5.74, 6) is -0.519. The number of imidazole rings is 1. The second kappa shape index (κ2) is 7.06. The minimum Gasteiger partial charge on any atom is -0.480 e. The van der Waals surface area contributed by atoms with Gasteiger partial charge in [-0.25, -0.2) is 9.78 Å². The fraction of sp³-hybridized carbons (Fsp3) is 0.438. The van der Waals surface area contributed by atoms with Gasteiger partial charge < -0.3 is 15.4 Å². The summed E-state index contributed by atoms with van der Waals surface area (Å²) >= 11 is 0. The number of fused-ring (bicyclic) bond motifs is 1. The monoisotopic (exact) mass is 303 g/mol. The number of benzene rings is 1. The zero-order chi connectivity index (χ0) is 16.1. The van der Waals surface area contributed by atoms with Crippen molar-refractivity contribution in [2.24, 2.45) is 0 Å². The highest BCUT2D eigenvalue weighted by atomic mass is 16.4. The molecule has 0 aliphatic carbocycles. The molecule has 2 aromatic rings. The fourth-order valence-corrected chi connectivity index (χ4v) is 2.39. The SMILES string of the molecule is CCCC(NC(=O)CCc1nc2c(C)cccc2[nH]1)C(=O)O. The maximum atomic E-state index is 11.9. The summed E-state index contributed by atoms with van der Waals surface area (Å²) in [5, 5.41) is 11.6. The van der Waals surface area contributed by atoms with Crippen LogP contribution in [-0.2, 0) is 16.0 Å². The number of nitrogens with zero attached hydrogens (tertiary/aromatic N) is 1. The molecule has 0 saturated carbocycles. The Bertz CT molecular complexity index is 678. The molecule has 0 saturated heterocycles. The van der Waals surface area contributed by atoms with E-state index in [4.69, 9.17) is 5.11 Å². The molecule has 0 aliphatic heterocycles. The lowest BCUT2D eigenvalue weighted by molar-refractivity contribution is -0.142. The molecule has 2 rings (SSSR count). The summed E-state index contributed by atoms with van der Waals surface area (Å²) in [6.45, 7) is 3.88. The van der Waals surface area contributed by atoms with Crippen LogP contribution >= 0.6 is 0 Å². The smallest absolute Gasteiger partial charge is 0.326 e. The highest BCUT2D eigenvalue weighted by molar-refractivity contribution is 5.83. The molecule has 0 spiro atoms. The molecule has 0 aliphatic rings. The third-order valence-corrected chi connectivity index (χ3v) is 3.56. The van der Waals surface area contributed by atoms with Gasteiger partial charge in [0.2, 0.25) is 5.91 Å². The number of aromatic amines is 1. The van der Waals surface area contributed by atoms with Gasteiger partial charge in [-0.2, -0.15) is 0 Å². The molecular formula is C16H21N3O3. The second-order valence-electron chi connectivity index (χ2n) is 5.40. The van der Waals surface area contributed by atoms with Crippen molar-refractivity contribution < 1.29 is 14.7 Å². The van der Waals surface area contributed by atoms with Crippen LogP contribution in [0.5, 0.6) is 0 Å². The van der Waals surface area contributed by atoms with E-state index < -0.39 is 12.0 Å². The zero-order valence-electron chi connectivity index (χ0n) is 12.8. The summed E-state index contributed by atoms with van der Waals surface area (Å²) in [6, 6.07) is 5.08. The van der Waals surface area contributed by atoms with Crippen LogP contribution in [-0.4, -0.2) is 33.0 Å². The quantitative estimate of drug-likeness (QED) is 0.730. The van der Waals surface area contributed by atoms with Crippen LogP contribution in [0.25, 0.3) is 11.0 Å². The van der Waals surface area contributed by atoms with Crippen molar-refractivity contribution in [1.29, 1.82) is 0 Å². The number of rotatable bonds is 7. The number of H-pyrrole nitrogens is 1. The predicted octanol–water partition coefficient (Wildman–Crippen LogP) is 2.17. The predicted molar refractivity (Wildman–Crippen MR) is 83.6 cm³/mol. The van der Waals surface area contributed by atoms with Crippen molar-refractivity contribution in [3.63, 3.8) is 0 Å². The molecule has 3 N–H and O–H groups in total. The van der Waals surface area contributed by atoms with Gasteiger partial charge in [-0.3, -0.25) is 4.79 Å². The second-order valence-corrected chi connectivity index (χ2v) is 5.40. The average molecular weight is 303 g/mol. The number of aliphatic carboxylic acids is 1. The van der Waals surface area contributed by atoms with E-state index in [1.807, 2.05) is 32.0 Å². The van der Waals surface area contributed by atoms with E-state index in [-0.39, 0.29) is 12.3 Å². The van der Waals surface area contributed by atoms with Gasteiger partial charge in [0.1, 0.15) is 11.9 Å². The summed E-state index contributed by atoms with van der Waals surface area (Å²) in [6.07, 6.45) is 1.82. The van der Waals surface area contributed by atoms with Gasteiger partial charge in [-0.1, -0.05) is 25.5 Å². The highest BCUT2D eigenvalue weighted by Crippen LogP contribution is 2.16. The minimum atomic E-state index is -0.991. The Hall–Kier alpha value is -2.37. The fourth-order valence-electron chi connectivity index (χ4n) is 2.39. The van der Waals surface area contributed by atoms with Crippen molar-refractivity contribution in [3.8, 4) is 0 Å². The third kappa shape index (κ3) is 3.84. The normalized spacial score (nSPS) is 12.3. The molecule has 118 valence electrons.